The molecule has 5 heteroatoms. The van der Waals surface area contributed by atoms with E-state index in [1.807, 2.05) is 84.9 Å². The number of rotatable bonds is 5. The second-order valence-electron chi connectivity index (χ2n) is 8.77. The van der Waals surface area contributed by atoms with Gasteiger partial charge in [-0.2, -0.15) is 0 Å². The van der Waals surface area contributed by atoms with Crippen molar-refractivity contribution in [1.82, 2.24) is 9.97 Å². The summed E-state index contributed by atoms with van der Waals surface area (Å²) in [6.45, 7) is 2.13. The van der Waals surface area contributed by atoms with E-state index >= 15 is 0 Å². The molecule has 0 saturated carbocycles. The van der Waals surface area contributed by atoms with E-state index in [4.69, 9.17) is 9.40 Å². The standard InChI is InChI=1S/C32H23N2O2.Pt/c1-21(22-9-3-2-4-10-22)23-16-17-27(29(35)20-23)32-34-31-26(13-8-15-30(31)36-32)24-11-7-12-25(19-24)28-14-5-6-18-33-28;/h2-18,20-21,35H,1H3;/q-1;. The third-order valence-corrected chi connectivity index (χ3v) is 6.50. The molecule has 0 aliphatic heterocycles. The van der Waals surface area contributed by atoms with Crippen molar-refractivity contribution in [2.45, 2.75) is 12.8 Å². The first-order chi connectivity index (χ1) is 17.7. The molecule has 2 heterocycles. The van der Waals surface area contributed by atoms with Gasteiger partial charge in [0, 0.05) is 38.9 Å². The van der Waals surface area contributed by atoms with Crippen molar-refractivity contribution in [3.8, 4) is 39.6 Å². The third kappa shape index (κ3) is 4.85. The van der Waals surface area contributed by atoms with Gasteiger partial charge in [0.2, 0.25) is 5.89 Å². The first kappa shape index (κ1) is 24.7. The van der Waals surface area contributed by atoms with Crippen molar-refractivity contribution < 1.29 is 30.6 Å². The van der Waals surface area contributed by atoms with Gasteiger partial charge >= 0.3 is 0 Å². The van der Waals surface area contributed by atoms with Crippen LogP contribution in [-0.2, 0) is 21.1 Å². The van der Waals surface area contributed by atoms with E-state index in [1.165, 1.54) is 5.56 Å². The molecule has 0 bridgehead atoms. The van der Waals surface area contributed by atoms with Crippen LogP contribution in [0.4, 0.5) is 0 Å². The Hall–Kier alpha value is -4.01. The van der Waals surface area contributed by atoms with Crippen LogP contribution in [0.2, 0.25) is 0 Å². The molecule has 0 spiro atoms. The van der Waals surface area contributed by atoms with Crippen molar-refractivity contribution in [3.05, 3.63) is 127 Å². The molecule has 0 aliphatic rings. The molecule has 4 aromatic carbocycles. The summed E-state index contributed by atoms with van der Waals surface area (Å²) in [6.07, 6.45) is 1.78. The summed E-state index contributed by atoms with van der Waals surface area (Å²) >= 11 is 0. The molecule has 0 aliphatic carbocycles. The van der Waals surface area contributed by atoms with Crippen LogP contribution in [0.25, 0.3) is 44.9 Å². The number of fused-ring (bicyclic) bond motifs is 1. The molecule has 37 heavy (non-hydrogen) atoms. The molecule has 0 saturated heterocycles. The van der Waals surface area contributed by atoms with Crippen molar-refractivity contribution in [3.63, 3.8) is 0 Å². The van der Waals surface area contributed by atoms with E-state index in [1.54, 1.807) is 12.3 Å². The zero-order chi connectivity index (χ0) is 24.5. The van der Waals surface area contributed by atoms with Crippen LogP contribution < -0.4 is 0 Å². The van der Waals surface area contributed by atoms with Crippen molar-refractivity contribution in [2.24, 2.45) is 0 Å². The maximum atomic E-state index is 10.9. The molecule has 6 aromatic rings. The van der Waals surface area contributed by atoms with Gasteiger partial charge in [-0.3, -0.25) is 4.98 Å². The SMILES string of the molecule is CC(c1ccccc1)c1ccc(-c2nc3c(-c4[c-]c(-c5ccccn5)ccc4)cccc3o2)c(O)c1.[Pt]. The summed E-state index contributed by atoms with van der Waals surface area (Å²) in [6, 6.07) is 37.1. The molecule has 1 N–H and O–H groups in total. The Morgan fingerprint density at radius 3 is 2.32 bits per heavy atom. The van der Waals surface area contributed by atoms with Gasteiger partial charge in [-0.1, -0.05) is 78.7 Å². The smallest absolute Gasteiger partial charge is 0.230 e. The third-order valence-electron chi connectivity index (χ3n) is 6.50. The monoisotopic (exact) mass is 662 g/mol. The number of aromatic nitrogens is 2. The number of nitrogens with zero attached hydrogens (tertiary/aromatic N) is 2. The molecule has 6 rings (SSSR count). The first-order valence-corrected chi connectivity index (χ1v) is 11.9. The minimum absolute atomic E-state index is 0. The van der Waals surface area contributed by atoms with Gasteiger partial charge < -0.3 is 9.52 Å². The molecule has 0 fully saturated rings. The zero-order valence-corrected chi connectivity index (χ0v) is 22.3. The van der Waals surface area contributed by atoms with Gasteiger partial charge in [0.1, 0.15) is 11.3 Å². The van der Waals surface area contributed by atoms with Crippen LogP contribution in [0.3, 0.4) is 0 Å². The first-order valence-electron chi connectivity index (χ1n) is 11.9. The summed E-state index contributed by atoms with van der Waals surface area (Å²) in [5.41, 5.74) is 7.75. The summed E-state index contributed by atoms with van der Waals surface area (Å²) in [7, 11) is 0. The molecule has 2 aromatic heterocycles. The Balaban J connectivity index is 0.00000280. The summed E-state index contributed by atoms with van der Waals surface area (Å²) in [5.74, 6) is 0.685. The van der Waals surface area contributed by atoms with Crippen LogP contribution in [0.15, 0.2) is 114 Å². The van der Waals surface area contributed by atoms with E-state index in [0.29, 0.717) is 17.0 Å². The molecule has 0 amide bonds. The molecule has 184 valence electrons. The number of oxazole rings is 1. The van der Waals surface area contributed by atoms with Crippen molar-refractivity contribution in [2.75, 3.05) is 0 Å². The molecule has 1 atom stereocenters. The fourth-order valence-electron chi connectivity index (χ4n) is 4.51. The van der Waals surface area contributed by atoms with Crippen LogP contribution in [0.1, 0.15) is 24.0 Å². The maximum Gasteiger partial charge on any atom is 0.230 e. The number of para-hydroxylation sites is 1. The Morgan fingerprint density at radius 1 is 0.757 bits per heavy atom. The Bertz CT molecular complexity index is 1660. The predicted octanol–water partition coefficient (Wildman–Crippen LogP) is 7.88. The number of benzene rings is 4. The van der Waals surface area contributed by atoms with Crippen molar-refractivity contribution in [1.29, 1.82) is 0 Å². The number of hydrogen-bond donors (Lipinski definition) is 1. The fourth-order valence-corrected chi connectivity index (χ4v) is 4.51. The average Bonchev–Trinajstić information content (AvgIpc) is 3.38. The second kappa shape index (κ2) is 10.5. The van der Waals surface area contributed by atoms with Gasteiger partial charge in [0.05, 0.1) is 11.1 Å². The van der Waals surface area contributed by atoms with Crippen LogP contribution >= 0.6 is 0 Å². The number of aromatic hydroxyl groups is 1. The van der Waals surface area contributed by atoms with Crippen LogP contribution in [-0.4, -0.2) is 15.1 Å². The maximum absolute atomic E-state index is 10.9. The second-order valence-corrected chi connectivity index (χ2v) is 8.77. The van der Waals surface area contributed by atoms with E-state index in [9.17, 15) is 5.11 Å². The van der Waals surface area contributed by atoms with Crippen LogP contribution in [0.5, 0.6) is 5.75 Å². The minimum Gasteiger partial charge on any atom is -0.507 e. The van der Waals surface area contributed by atoms with E-state index in [-0.39, 0.29) is 32.7 Å². The average molecular weight is 663 g/mol. The van der Waals surface area contributed by atoms with Gasteiger partial charge in [0.25, 0.3) is 0 Å². The van der Waals surface area contributed by atoms with Gasteiger partial charge in [-0.25, -0.2) is 4.98 Å². The summed E-state index contributed by atoms with van der Waals surface area (Å²) in [5, 5.41) is 10.9. The molecular weight excluding hydrogens is 639 g/mol. The van der Waals surface area contributed by atoms with Gasteiger partial charge in [-0.15, -0.1) is 29.8 Å². The Morgan fingerprint density at radius 2 is 1.54 bits per heavy atom. The molecular formula is C32H23N2O2Pt-. The van der Waals surface area contributed by atoms with Gasteiger partial charge in [0.15, 0.2) is 0 Å². The molecule has 0 radical (unpaired) electrons. The number of phenols is 1. The fraction of sp³-hybridized carbons (Fsp3) is 0.0625. The Labute approximate surface area is 229 Å². The molecule has 4 nitrogen and oxygen atoms in total. The summed E-state index contributed by atoms with van der Waals surface area (Å²) < 4.78 is 6.10. The van der Waals surface area contributed by atoms with Crippen molar-refractivity contribution >= 4 is 11.1 Å². The number of hydrogen-bond acceptors (Lipinski definition) is 4. The quantitative estimate of drug-likeness (QED) is 0.191. The number of phenolic OH excluding ortho intramolecular Hbond substituents is 1. The predicted molar refractivity (Wildman–Crippen MR) is 143 cm³/mol. The normalized spacial score (nSPS) is 11.7. The Kier molecular flexibility index (Phi) is 7.03. The summed E-state index contributed by atoms with van der Waals surface area (Å²) in [4.78, 5) is 9.24. The van der Waals surface area contributed by atoms with E-state index in [0.717, 1.165) is 33.5 Å². The minimum atomic E-state index is 0. The van der Waals surface area contributed by atoms with E-state index in [2.05, 4.69) is 30.1 Å². The van der Waals surface area contributed by atoms with Crippen LogP contribution in [0, 0.1) is 6.07 Å². The largest absolute Gasteiger partial charge is 0.507 e. The van der Waals surface area contributed by atoms with Gasteiger partial charge in [-0.05, 0) is 35.4 Å². The topological polar surface area (TPSA) is 59.2 Å². The molecule has 1 unspecified atom stereocenters. The number of pyridine rings is 1. The zero-order valence-electron chi connectivity index (χ0n) is 20.0. The van der Waals surface area contributed by atoms with E-state index < -0.39 is 0 Å².